The molecule has 1 N–H and O–H groups in total. The maximum atomic E-state index is 12.6. The van der Waals surface area contributed by atoms with E-state index < -0.39 is 11.7 Å². The molecule has 2 aromatic rings. The Labute approximate surface area is 121 Å². The van der Waals surface area contributed by atoms with Gasteiger partial charge in [-0.05, 0) is 56.5 Å². The molecular formula is C15H17F3N2O. The van der Waals surface area contributed by atoms with E-state index in [9.17, 15) is 13.2 Å². The molecule has 0 spiro atoms. The number of benzene rings is 1. The molecule has 2 rings (SSSR count). The van der Waals surface area contributed by atoms with Crippen molar-refractivity contribution < 1.29 is 18.3 Å². The van der Waals surface area contributed by atoms with E-state index >= 15 is 0 Å². The van der Waals surface area contributed by atoms with Crippen LogP contribution in [-0.2, 0) is 12.6 Å². The number of rotatable bonds is 4. The molecule has 0 atom stereocenters. The Morgan fingerprint density at radius 1 is 1.14 bits per heavy atom. The maximum absolute atomic E-state index is 12.6. The fourth-order valence-electron chi connectivity index (χ4n) is 2.34. The van der Waals surface area contributed by atoms with Crippen LogP contribution < -0.4 is 0 Å². The van der Waals surface area contributed by atoms with Gasteiger partial charge in [0.25, 0.3) is 0 Å². The monoisotopic (exact) mass is 298 g/mol. The van der Waals surface area contributed by atoms with Crippen molar-refractivity contribution >= 4 is 0 Å². The van der Waals surface area contributed by atoms with Crippen LogP contribution in [0.3, 0.4) is 0 Å². The molecule has 0 radical (unpaired) electrons. The van der Waals surface area contributed by atoms with E-state index in [-0.39, 0.29) is 6.61 Å². The Hall–Kier alpha value is -1.82. The van der Waals surface area contributed by atoms with Crippen LogP contribution in [0, 0.1) is 13.8 Å². The quantitative estimate of drug-likeness (QED) is 0.939. The number of halogens is 3. The van der Waals surface area contributed by atoms with Crippen molar-refractivity contribution in [3.63, 3.8) is 0 Å². The molecule has 0 bridgehead atoms. The van der Waals surface area contributed by atoms with Crippen molar-refractivity contribution in [3.8, 4) is 5.69 Å². The first-order valence-electron chi connectivity index (χ1n) is 6.68. The highest BCUT2D eigenvalue weighted by atomic mass is 19.4. The molecule has 1 heterocycles. The van der Waals surface area contributed by atoms with E-state index in [0.29, 0.717) is 18.5 Å². The average molecular weight is 298 g/mol. The average Bonchev–Trinajstić information content (AvgIpc) is 2.71. The second kappa shape index (κ2) is 5.89. The fourth-order valence-corrected chi connectivity index (χ4v) is 2.34. The molecule has 0 aliphatic carbocycles. The van der Waals surface area contributed by atoms with Gasteiger partial charge in [0.05, 0.1) is 16.9 Å². The molecule has 114 valence electrons. The van der Waals surface area contributed by atoms with E-state index in [1.165, 1.54) is 12.1 Å². The lowest BCUT2D eigenvalue weighted by molar-refractivity contribution is -0.137. The zero-order valence-electron chi connectivity index (χ0n) is 11.9. The lowest BCUT2D eigenvalue weighted by atomic mass is 10.1. The Kier molecular flexibility index (Phi) is 4.37. The molecule has 0 saturated carbocycles. The summed E-state index contributed by atoms with van der Waals surface area (Å²) in [7, 11) is 0. The maximum Gasteiger partial charge on any atom is 0.416 e. The zero-order chi connectivity index (χ0) is 15.6. The van der Waals surface area contributed by atoms with Gasteiger partial charge >= 0.3 is 6.18 Å². The third-order valence-electron chi connectivity index (χ3n) is 3.47. The molecule has 0 saturated heterocycles. The number of aryl methyl sites for hydroxylation is 1. The van der Waals surface area contributed by atoms with E-state index in [1.54, 1.807) is 4.68 Å². The molecule has 21 heavy (non-hydrogen) atoms. The minimum Gasteiger partial charge on any atom is -0.396 e. The summed E-state index contributed by atoms with van der Waals surface area (Å²) in [4.78, 5) is 0. The topological polar surface area (TPSA) is 38.0 Å². The van der Waals surface area contributed by atoms with Crippen LogP contribution in [0.1, 0.15) is 28.9 Å². The summed E-state index contributed by atoms with van der Waals surface area (Å²) in [6.45, 7) is 3.84. The lowest BCUT2D eigenvalue weighted by Crippen LogP contribution is -2.06. The van der Waals surface area contributed by atoms with E-state index in [0.717, 1.165) is 29.1 Å². The second-order valence-electron chi connectivity index (χ2n) is 4.93. The number of hydrogen-bond acceptors (Lipinski definition) is 2. The molecule has 1 aromatic carbocycles. The number of aliphatic hydroxyl groups excluding tert-OH is 1. The van der Waals surface area contributed by atoms with Gasteiger partial charge in [-0.25, -0.2) is 4.68 Å². The van der Waals surface area contributed by atoms with Crippen molar-refractivity contribution in [2.75, 3.05) is 6.61 Å². The molecule has 0 fully saturated rings. The summed E-state index contributed by atoms with van der Waals surface area (Å²) in [5.41, 5.74) is 2.68. The number of hydrogen-bond donors (Lipinski definition) is 1. The summed E-state index contributed by atoms with van der Waals surface area (Å²) < 4.78 is 39.3. The van der Waals surface area contributed by atoms with Crippen molar-refractivity contribution in [3.05, 3.63) is 46.8 Å². The highest BCUT2D eigenvalue weighted by Crippen LogP contribution is 2.30. The Balaban J connectivity index is 2.34. The van der Waals surface area contributed by atoms with Gasteiger partial charge in [-0.15, -0.1) is 0 Å². The Morgan fingerprint density at radius 2 is 1.76 bits per heavy atom. The number of alkyl halides is 3. The Bertz CT molecular complexity index is 615. The van der Waals surface area contributed by atoms with Gasteiger partial charge < -0.3 is 5.11 Å². The molecule has 3 nitrogen and oxygen atoms in total. The Morgan fingerprint density at radius 3 is 2.29 bits per heavy atom. The third kappa shape index (κ3) is 3.26. The predicted molar refractivity (Wildman–Crippen MR) is 73.4 cm³/mol. The third-order valence-corrected chi connectivity index (χ3v) is 3.47. The highest BCUT2D eigenvalue weighted by Gasteiger charge is 2.30. The van der Waals surface area contributed by atoms with Gasteiger partial charge in [-0.2, -0.15) is 18.3 Å². The summed E-state index contributed by atoms with van der Waals surface area (Å²) >= 11 is 0. The first-order valence-corrected chi connectivity index (χ1v) is 6.68. The van der Waals surface area contributed by atoms with Crippen LogP contribution in [0.5, 0.6) is 0 Å². The molecule has 1 aromatic heterocycles. The normalized spacial score (nSPS) is 11.9. The zero-order valence-corrected chi connectivity index (χ0v) is 11.9. The molecule has 0 unspecified atom stereocenters. The SMILES string of the molecule is Cc1nn(-c2ccc(C(F)(F)F)cc2)c(C)c1CCCO. The predicted octanol–water partition coefficient (Wildman–Crippen LogP) is 3.43. The van der Waals surface area contributed by atoms with Gasteiger partial charge in [-0.1, -0.05) is 0 Å². The summed E-state index contributed by atoms with van der Waals surface area (Å²) in [5, 5.41) is 13.3. The van der Waals surface area contributed by atoms with Gasteiger partial charge in [0, 0.05) is 12.3 Å². The van der Waals surface area contributed by atoms with E-state index in [2.05, 4.69) is 5.10 Å². The van der Waals surface area contributed by atoms with E-state index in [4.69, 9.17) is 5.11 Å². The fraction of sp³-hybridized carbons (Fsp3) is 0.400. The minimum absolute atomic E-state index is 0.102. The molecule has 0 amide bonds. The first kappa shape index (κ1) is 15.6. The smallest absolute Gasteiger partial charge is 0.396 e. The largest absolute Gasteiger partial charge is 0.416 e. The highest BCUT2D eigenvalue weighted by molar-refractivity contribution is 5.39. The standard InChI is InChI=1S/C15H17F3N2O/c1-10-14(4-3-9-21)11(2)20(19-10)13-7-5-12(6-8-13)15(16,17)18/h5-8,21H,3-4,9H2,1-2H3. The minimum atomic E-state index is -4.33. The van der Waals surface area contributed by atoms with Crippen molar-refractivity contribution in [2.24, 2.45) is 0 Å². The summed E-state index contributed by atoms with van der Waals surface area (Å²) in [6, 6.07) is 4.94. The van der Waals surface area contributed by atoms with Crippen molar-refractivity contribution in [1.29, 1.82) is 0 Å². The van der Waals surface area contributed by atoms with Gasteiger partial charge in [-0.3, -0.25) is 0 Å². The van der Waals surface area contributed by atoms with Gasteiger partial charge in [0.15, 0.2) is 0 Å². The van der Waals surface area contributed by atoms with Crippen molar-refractivity contribution in [2.45, 2.75) is 32.9 Å². The number of nitrogens with zero attached hydrogens (tertiary/aromatic N) is 2. The van der Waals surface area contributed by atoms with Crippen LogP contribution in [0.15, 0.2) is 24.3 Å². The molecule has 0 aliphatic rings. The molecule has 0 aliphatic heterocycles. The number of aliphatic hydroxyl groups is 1. The first-order chi connectivity index (χ1) is 9.84. The van der Waals surface area contributed by atoms with E-state index in [1.807, 2.05) is 13.8 Å². The summed E-state index contributed by atoms with van der Waals surface area (Å²) in [6.07, 6.45) is -2.99. The van der Waals surface area contributed by atoms with Gasteiger partial charge in [0.2, 0.25) is 0 Å². The van der Waals surface area contributed by atoms with Crippen LogP contribution in [-0.4, -0.2) is 21.5 Å². The molecular weight excluding hydrogens is 281 g/mol. The van der Waals surface area contributed by atoms with Crippen LogP contribution in [0.2, 0.25) is 0 Å². The lowest BCUT2D eigenvalue weighted by Gasteiger charge is -2.09. The molecule has 6 heteroatoms. The van der Waals surface area contributed by atoms with Crippen LogP contribution in [0.4, 0.5) is 13.2 Å². The van der Waals surface area contributed by atoms with Gasteiger partial charge in [0.1, 0.15) is 0 Å². The summed E-state index contributed by atoms with van der Waals surface area (Å²) in [5.74, 6) is 0. The van der Waals surface area contributed by atoms with Crippen LogP contribution in [0.25, 0.3) is 5.69 Å². The van der Waals surface area contributed by atoms with Crippen LogP contribution >= 0.6 is 0 Å². The second-order valence-corrected chi connectivity index (χ2v) is 4.93. The number of aromatic nitrogens is 2. The van der Waals surface area contributed by atoms with Crippen molar-refractivity contribution in [1.82, 2.24) is 9.78 Å².